The standard InChI is InChI=1S/C25H27N7O2/c1-17-16-34-13-12-31(17)23-14-20(21(15-26)25(29-23)28-22-9-10-27-30-22)18-5-7-19(8-6-18)32-11-3-2-4-24(32)33/h2-3,5-10,14-15,17,26H,4,11-13,16H2,1H3,(H2,27,28,29,30)/t17-/m1/s1. The van der Waals surface area contributed by atoms with Crippen molar-refractivity contribution in [2.24, 2.45) is 0 Å². The number of H-pyrrole nitrogens is 1. The van der Waals surface area contributed by atoms with Gasteiger partial charge < -0.3 is 25.3 Å². The number of aromatic amines is 1. The van der Waals surface area contributed by atoms with Crippen LogP contribution in [0.25, 0.3) is 11.1 Å². The number of hydrogen-bond acceptors (Lipinski definition) is 7. The molecule has 2 aromatic heterocycles. The number of nitrogens with one attached hydrogen (secondary N) is 3. The number of carbonyl (C=O) groups excluding carboxylic acids is 1. The first-order valence-electron chi connectivity index (χ1n) is 11.4. The minimum atomic E-state index is 0.0916. The van der Waals surface area contributed by atoms with Gasteiger partial charge in [0.1, 0.15) is 17.5 Å². The largest absolute Gasteiger partial charge is 0.377 e. The first kappa shape index (κ1) is 21.8. The van der Waals surface area contributed by atoms with Crippen molar-refractivity contribution >= 4 is 35.3 Å². The number of morpholine rings is 1. The van der Waals surface area contributed by atoms with Crippen LogP contribution in [0.2, 0.25) is 0 Å². The van der Waals surface area contributed by atoms with Crippen molar-refractivity contribution in [3.63, 3.8) is 0 Å². The third kappa shape index (κ3) is 4.29. The average molecular weight is 458 g/mol. The van der Waals surface area contributed by atoms with Crippen LogP contribution in [0.4, 0.5) is 23.1 Å². The second kappa shape index (κ2) is 9.48. The van der Waals surface area contributed by atoms with Gasteiger partial charge in [-0.3, -0.25) is 9.89 Å². The maximum Gasteiger partial charge on any atom is 0.231 e. The lowest BCUT2D eigenvalue weighted by Crippen LogP contribution is -2.44. The molecule has 3 aromatic rings. The molecule has 0 bridgehead atoms. The van der Waals surface area contributed by atoms with Crippen molar-refractivity contribution in [3.05, 3.63) is 60.3 Å². The molecule has 3 N–H and O–H groups in total. The van der Waals surface area contributed by atoms with Gasteiger partial charge >= 0.3 is 0 Å². The number of ether oxygens (including phenoxy) is 1. The summed E-state index contributed by atoms with van der Waals surface area (Å²) < 4.78 is 5.62. The van der Waals surface area contributed by atoms with Crippen molar-refractivity contribution in [3.8, 4) is 11.1 Å². The fourth-order valence-electron chi connectivity index (χ4n) is 4.34. The number of hydrogen-bond donors (Lipinski definition) is 3. The van der Waals surface area contributed by atoms with E-state index in [2.05, 4.69) is 27.3 Å². The third-order valence-electron chi connectivity index (χ3n) is 6.14. The summed E-state index contributed by atoms with van der Waals surface area (Å²) in [7, 11) is 0. The molecule has 34 heavy (non-hydrogen) atoms. The number of anilines is 4. The average Bonchev–Trinajstić information content (AvgIpc) is 3.37. The lowest BCUT2D eigenvalue weighted by Gasteiger charge is -2.35. The van der Waals surface area contributed by atoms with E-state index in [0.29, 0.717) is 43.4 Å². The van der Waals surface area contributed by atoms with E-state index in [-0.39, 0.29) is 11.9 Å². The first-order chi connectivity index (χ1) is 16.6. The molecule has 0 saturated carbocycles. The van der Waals surface area contributed by atoms with Crippen LogP contribution in [0.5, 0.6) is 0 Å². The van der Waals surface area contributed by atoms with Gasteiger partial charge in [0.25, 0.3) is 0 Å². The number of aromatic nitrogens is 3. The summed E-state index contributed by atoms with van der Waals surface area (Å²) in [5.41, 5.74) is 3.36. The van der Waals surface area contributed by atoms with Gasteiger partial charge in [-0.1, -0.05) is 24.3 Å². The van der Waals surface area contributed by atoms with Gasteiger partial charge in [-0.15, -0.1) is 0 Å². The van der Waals surface area contributed by atoms with E-state index in [0.717, 1.165) is 29.2 Å². The molecular formula is C25H27N7O2. The predicted octanol–water partition coefficient (Wildman–Crippen LogP) is 3.73. The topological polar surface area (TPSA) is 110 Å². The SMILES string of the molecule is C[C@@H]1COCCN1c1cc(-c2ccc(N3CC=CCC3=O)cc2)c(C=N)c(Nc2ccn[nH]2)n1. The van der Waals surface area contributed by atoms with E-state index < -0.39 is 0 Å². The Balaban J connectivity index is 1.57. The van der Waals surface area contributed by atoms with Crippen molar-refractivity contribution in [2.75, 3.05) is 41.4 Å². The van der Waals surface area contributed by atoms with Crippen LogP contribution in [-0.4, -0.2) is 59.6 Å². The zero-order chi connectivity index (χ0) is 23.5. The third-order valence-corrected chi connectivity index (χ3v) is 6.14. The zero-order valence-electron chi connectivity index (χ0n) is 19.0. The van der Waals surface area contributed by atoms with Gasteiger partial charge in [-0.25, -0.2) is 4.98 Å². The summed E-state index contributed by atoms with van der Waals surface area (Å²) in [6.07, 6.45) is 7.32. The fraction of sp³-hybridized carbons (Fsp3) is 0.280. The molecule has 9 nitrogen and oxygen atoms in total. The highest BCUT2D eigenvalue weighted by atomic mass is 16.5. The van der Waals surface area contributed by atoms with Gasteiger partial charge in [0, 0.05) is 43.0 Å². The molecule has 0 spiro atoms. The molecule has 1 saturated heterocycles. The molecule has 2 aliphatic heterocycles. The van der Waals surface area contributed by atoms with Crippen LogP contribution in [-0.2, 0) is 9.53 Å². The smallest absolute Gasteiger partial charge is 0.231 e. The minimum absolute atomic E-state index is 0.0916. The predicted molar refractivity (Wildman–Crippen MR) is 133 cm³/mol. The lowest BCUT2D eigenvalue weighted by molar-refractivity contribution is -0.117. The van der Waals surface area contributed by atoms with Gasteiger partial charge in [0.05, 0.1) is 25.5 Å². The van der Waals surface area contributed by atoms with E-state index in [1.54, 1.807) is 11.1 Å². The molecule has 1 aromatic carbocycles. The molecule has 0 radical (unpaired) electrons. The summed E-state index contributed by atoms with van der Waals surface area (Å²) in [4.78, 5) is 21.2. The Kier molecular flexibility index (Phi) is 6.09. The number of carbonyl (C=O) groups is 1. The summed E-state index contributed by atoms with van der Waals surface area (Å²) in [6.45, 7) is 4.72. The molecular weight excluding hydrogens is 430 g/mol. The Morgan fingerprint density at radius 3 is 2.79 bits per heavy atom. The maximum atomic E-state index is 12.3. The first-order valence-corrected chi connectivity index (χ1v) is 11.4. The normalized spacial score (nSPS) is 18.3. The van der Waals surface area contributed by atoms with E-state index in [1.807, 2.05) is 48.6 Å². The molecule has 0 unspecified atom stereocenters. The summed E-state index contributed by atoms with van der Waals surface area (Å²) in [5, 5.41) is 18.3. The van der Waals surface area contributed by atoms with Gasteiger partial charge in [-0.05, 0) is 36.2 Å². The Hall–Kier alpha value is -3.98. The number of rotatable bonds is 6. The summed E-state index contributed by atoms with van der Waals surface area (Å²) in [5.74, 6) is 2.18. The van der Waals surface area contributed by atoms with Gasteiger partial charge in [0.2, 0.25) is 5.91 Å². The fourth-order valence-corrected chi connectivity index (χ4v) is 4.34. The number of amides is 1. The van der Waals surface area contributed by atoms with Crippen LogP contribution in [0.1, 0.15) is 18.9 Å². The van der Waals surface area contributed by atoms with E-state index in [1.165, 1.54) is 6.21 Å². The highest BCUT2D eigenvalue weighted by Gasteiger charge is 2.24. The van der Waals surface area contributed by atoms with Crippen LogP contribution in [0.15, 0.2) is 54.7 Å². The molecule has 4 heterocycles. The van der Waals surface area contributed by atoms with Crippen LogP contribution in [0, 0.1) is 5.41 Å². The molecule has 1 fully saturated rings. The van der Waals surface area contributed by atoms with Crippen LogP contribution in [0.3, 0.4) is 0 Å². The molecule has 1 amide bonds. The molecule has 0 aliphatic carbocycles. The van der Waals surface area contributed by atoms with E-state index in [4.69, 9.17) is 15.1 Å². The summed E-state index contributed by atoms with van der Waals surface area (Å²) in [6, 6.07) is 11.9. The number of benzene rings is 1. The van der Waals surface area contributed by atoms with Crippen LogP contribution >= 0.6 is 0 Å². The molecule has 1 atom stereocenters. The Morgan fingerprint density at radius 2 is 2.09 bits per heavy atom. The second-order valence-electron chi connectivity index (χ2n) is 8.37. The summed E-state index contributed by atoms with van der Waals surface area (Å²) >= 11 is 0. The molecule has 5 rings (SSSR count). The molecule has 9 heteroatoms. The van der Waals surface area contributed by atoms with Gasteiger partial charge in [-0.2, -0.15) is 5.10 Å². The monoisotopic (exact) mass is 457 g/mol. The minimum Gasteiger partial charge on any atom is -0.377 e. The molecule has 174 valence electrons. The van der Waals surface area contributed by atoms with Crippen molar-refractivity contribution < 1.29 is 9.53 Å². The van der Waals surface area contributed by atoms with Gasteiger partial charge in [0.15, 0.2) is 0 Å². The Bertz CT molecular complexity index is 1200. The quantitative estimate of drug-likeness (QED) is 0.384. The maximum absolute atomic E-state index is 12.3. The van der Waals surface area contributed by atoms with E-state index >= 15 is 0 Å². The Labute approximate surface area is 198 Å². The van der Waals surface area contributed by atoms with Crippen molar-refractivity contribution in [1.29, 1.82) is 5.41 Å². The zero-order valence-corrected chi connectivity index (χ0v) is 19.0. The highest BCUT2D eigenvalue weighted by Crippen LogP contribution is 2.34. The lowest BCUT2D eigenvalue weighted by atomic mass is 9.99. The number of pyridine rings is 1. The van der Waals surface area contributed by atoms with Crippen molar-refractivity contribution in [1.82, 2.24) is 15.2 Å². The second-order valence-corrected chi connectivity index (χ2v) is 8.37. The molecule has 2 aliphatic rings. The Morgan fingerprint density at radius 1 is 1.24 bits per heavy atom. The van der Waals surface area contributed by atoms with Crippen molar-refractivity contribution in [2.45, 2.75) is 19.4 Å². The van der Waals surface area contributed by atoms with E-state index in [9.17, 15) is 4.79 Å². The highest BCUT2D eigenvalue weighted by molar-refractivity contribution is 5.98. The van der Waals surface area contributed by atoms with Crippen LogP contribution < -0.4 is 15.1 Å². The number of nitrogens with zero attached hydrogens (tertiary/aromatic N) is 4.